The molecule has 3 nitrogen and oxygen atoms in total. The van der Waals surface area contributed by atoms with Crippen LogP contribution in [0.1, 0.15) is 32.3 Å². The number of nitrogens with two attached hydrogens (primary N) is 1. The summed E-state index contributed by atoms with van der Waals surface area (Å²) in [5.41, 5.74) is 6.89. The highest BCUT2D eigenvalue weighted by atomic mass is 16.5. The Hall–Kier alpha value is -1.06. The minimum atomic E-state index is -0.381. The highest BCUT2D eigenvalue weighted by Gasteiger charge is 2.20. The molecule has 0 bridgehead atoms. The van der Waals surface area contributed by atoms with Crippen molar-refractivity contribution < 1.29 is 9.84 Å². The van der Waals surface area contributed by atoms with Crippen molar-refractivity contribution in [2.45, 2.75) is 32.2 Å². The molecule has 0 aliphatic heterocycles. The van der Waals surface area contributed by atoms with Crippen molar-refractivity contribution in [1.29, 1.82) is 0 Å². The molecule has 0 aliphatic rings. The molecule has 0 radical (unpaired) electrons. The van der Waals surface area contributed by atoms with Crippen LogP contribution in [0.3, 0.4) is 0 Å². The van der Waals surface area contributed by atoms with Gasteiger partial charge >= 0.3 is 0 Å². The van der Waals surface area contributed by atoms with E-state index in [0.29, 0.717) is 6.61 Å². The zero-order valence-electron chi connectivity index (χ0n) is 10.1. The van der Waals surface area contributed by atoms with Crippen molar-refractivity contribution in [2.24, 2.45) is 5.73 Å². The van der Waals surface area contributed by atoms with Gasteiger partial charge < -0.3 is 15.6 Å². The first-order valence-electron chi connectivity index (χ1n) is 5.73. The van der Waals surface area contributed by atoms with E-state index in [0.717, 1.165) is 24.2 Å². The Labute approximate surface area is 97.2 Å². The monoisotopic (exact) mass is 223 g/mol. The Morgan fingerprint density at radius 2 is 1.94 bits per heavy atom. The van der Waals surface area contributed by atoms with E-state index < -0.39 is 0 Å². The van der Waals surface area contributed by atoms with Crippen molar-refractivity contribution in [1.82, 2.24) is 0 Å². The van der Waals surface area contributed by atoms with Gasteiger partial charge in [0.05, 0.1) is 6.61 Å². The van der Waals surface area contributed by atoms with Gasteiger partial charge in [-0.2, -0.15) is 0 Å². The molecule has 0 spiro atoms. The number of hydrogen-bond donors (Lipinski definition) is 2. The number of hydrogen-bond acceptors (Lipinski definition) is 3. The molecule has 0 aromatic heterocycles. The smallest absolute Gasteiger partial charge is 0.119 e. The third-order valence-corrected chi connectivity index (χ3v) is 2.68. The van der Waals surface area contributed by atoms with Crippen LogP contribution in [0.15, 0.2) is 24.3 Å². The van der Waals surface area contributed by atoms with Crippen molar-refractivity contribution in [3.63, 3.8) is 0 Å². The lowest BCUT2D eigenvalue weighted by Gasteiger charge is -2.25. The van der Waals surface area contributed by atoms with Crippen LogP contribution in [0.25, 0.3) is 0 Å². The van der Waals surface area contributed by atoms with Crippen molar-refractivity contribution in [3.8, 4) is 5.75 Å². The normalized spacial score (nSPS) is 14.5. The van der Waals surface area contributed by atoms with E-state index in [9.17, 15) is 0 Å². The van der Waals surface area contributed by atoms with E-state index in [4.69, 9.17) is 15.6 Å². The SMILES string of the molecule is CCOc1ccc(C(C)(N)CCCO)cc1. The summed E-state index contributed by atoms with van der Waals surface area (Å²) in [6, 6.07) is 7.84. The Morgan fingerprint density at radius 3 is 2.44 bits per heavy atom. The predicted molar refractivity (Wildman–Crippen MR) is 65.5 cm³/mol. The summed E-state index contributed by atoms with van der Waals surface area (Å²) in [5, 5.41) is 8.82. The van der Waals surface area contributed by atoms with E-state index in [2.05, 4.69) is 0 Å². The summed E-state index contributed by atoms with van der Waals surface area (Å²) >= 11 is 0. The average Bonchev–Trinajstić information content (AvgIpc) is 2.28. The van der Waals surface area contributed by atoms with Gasteiger partial charge in [0.1, 0.15) is 5.75 Å². The fraction of sp³-hybridized carbons (Fsp3) is 0.538. The van der Waals surface area contributed by atoms with Gasteiger partial charge in [-0.25, -0.2) is 0 Å². The number of ether oxygens (including phenoxy) is 1. The maximum absolute atomic E-state index is 8.82. The molecular weight excluding hydrogens is 202 g/mol. The summed E-state index contributed by atoms with van der Waals surface area (Å²) in [5.74, 6) is 0.865. The summed E-state index contributed by atoms with van der Waals surface area (Å²) in [6.45, 7) is 4.80. The first-order valence-corrected chi connectivity index (χ1v) is 5.73. The van der Waals surface area contributed by atoms with Crippen LogP contribution in [-0.4, -0.2) is 18.3 Å². The summed E-state index contributed by atoms with van der Waals surface area (Å²) in [7, 11) is 0. The second-order valence-electron chi connectivity index (χ2n) is 4.20. The molecule has 1 aromatic carbocycles. The third kappa shape index (κ3) is 3.51. The van der Waals surface area contributed by atoms with Gasteiger partial charge in [-0.1, -0.05) is 12.1 Å². The van der Waals surface area contributed by atoms with Gasteiger partial charge in [-0.05, 0) is 44.4 Å². The molecule has 3 N–H and O–H groups in total. The molecule has 0 fully saturated rings. The molecule has 0 saturated heterocycles. The topological polar surface area (TPSA) is 55.5 Å². The number of rotatable bonds is 6. The van der Waals surface area contributed by atoms with Crippen LogP contribution in [0, 0.1) is 0 Å². The minimum absolute atomic E-state index is 0.184. The van der Waals surface area contributed by atoms with Gasteiger partial charge in [-0.15, -0.1) is 0 Å². The lowest BCUT2D eigenvalue weighted by Crippen LogP contribution is -2.33. The summed E-state index contributed by atoms with van der Waals surface area (Å²) in [6.07, 6.45) is 1.50. The molecule has 90 valence electrons. The van der Waals surface area contributed by atoms with Crippen LogP contribution in [0.2, 0.25) is 0 Å². The van der Waals surface area contributed by atoms with Gasteiger partial charge in [0, 0.05) is 12.1 Å². The first kappa shape index (κ1) is 13.0. The molecule has 1 unspecified atom stereocenters. The van der Waals surface area contributed by atoms with Crippen LogP contribution in [0.4, 0.5) is 0 Å². The zero-order valence-corrected chi connectivity index (χ0v) is 10.1. The lowest BCUT2D eigenvalue weighted by atomic mass is 9.88. The van der Waals surface area contributed by atoms with Crippen molar-refractivity contribution in [2.75, 3.05) is 13.2 Å². The molecule has 1 rings (SSSR count). The minimum Gasteiger partial charge on any atom is -0.494 e. The first-order chi connectivity index (χ1) is 7.60. The molecule has 16 heavy (non-hydrogen) atoms. The average molecular weight is 223 g/mol. The van der Waals surface area contributed by atoms with E-state index in [1.54, 1.807) is 0 Å². The molecule has 0 heterocycles. The second kappa shape index (κ2) is 5.87. The van der Waals surface area contributed by atoms with E-state index in [1.165, 1.54) is 0 Å². The molecule has 1 atom stereocenters. The molecule has 3 heteroatoms. The second-order valence-corrected chi connectivity index (χ2v) is 4.20. The van der Waals surface area contributed by atoms with Crippen molar-refractivity contribution in [3.05, 3.63) is 29.8 Å². The molecular formula is C13H21NO2. The van der Waals surface area contributed by atoms with E-state index in [-0.39, 0.29) is 12.1 Å². The zero-order chi connectivity index (χ0) is 12.0. The quantitative estimate of drug-likeness (QED) is 0.776. The van der Waals surface area contributed by atoms with Gasteiger partial charge in [0.2, 0.25) is 0 Å². The van der Waals surface area contributed by atoms with Crippen LogP contribution >= 0.6 is 0 Å². The molecule has 0 saturated carbocycles. The summed E-state index contributed by atoms with van der Waals surface area (Å²) in [4.78, 5) is 0. The molecule has 1 aromatic rings. The molecule has 0 amide bonds. The fourth-order valence-electron chi connectivity index (χ4n) is 1.69. The van der Waals surface area contributed by atoms with Gasteiger partial charge in [0.25, 0.3) is 0 Å². The highest BCUT2D eigenvalue weighted by Crippen LogP contribution is 2.25. The molecule has 0 aliphatic carbocycles. The maximum Gasteiger partial charge on any atom is 0.119 e. The van der Waals surface area contributed by atoms with Crippen LogP contribution in [0.5, 0.6) is 5.75 Å². The highest BCUT2D eigenvalue weighted by molar-refractivity contribution is 5.31. The maximum atomic E-state index is 8.82. The van der Waals surface area contributed by atoms with Gasteiger partial charge in [-0.3, -0.25) is 0 Å². The van der Waals surface area contributed by atoms with Crippen LogP contribution in [-0.2, 0) is 5.54 Å². The van der Waals surface area contributed by atoms with Crippen LogP contribution < -0.4 is 10.5 Å². The number of aliphatic hydroxyl groups excluding tert-OH is 1. The number of benzene rings is 1. The lowest BCUT2D eigenvalue weighted by molar-refractivity contribution is 0.265. The number of aliphatic hydroxyl groups is 1. The third-order valence-electron chi connectivity index (χ3n) is 2.68. The Morgan fingerprint density at radius 1 is 1.31 bits per heavy atom. The predicted octanol–water partition coefficient (Wildman–Crippen LogP) is 2.03. The largest absolute Gasteiger partial charge is 0.494 e. The van der Waals surface area contributed by atoms with E-state index in [1.807, 2.05) is 38.1 Å². The Bertz CT molecular complexity index is 306. The standard InChI is InChI=1S/C13H21NO2/c1-3-16-12-7-5-11(6-8-12)13(2,14)9-4-10-15/h5-8,15H,3-4,9-10,14H2,1-2H3. The van der Waals surface area contributed by atoms with E-state index >= 15 is 0 Å². The van der Waals surface area contributed by atoms with Crippen molar-refractivity contribution >= 4 is 0 Å². The Balaban J connectivity index is 2.71. The fourth-order valence-corrected chi connectivity index (χ4v) is 1.69. The Kier molecular flexibility index (Phi) is 4.77. The summed E-state index contributed by atoms with van der Waals surface area (Å²) < 4.78 is 5.37. The van der Waals surface area contributed by atoms with Gasteiger partial charge in [0.15, 0.2) is 0 Å².